The molecule has 1 aliphatic heterocycles. The highest BCUT2D eigenvalue weighted by Gasteiger charge is 2.27. The first kappa shape index (κ1) is 13.9. The molecule has 0 radical (unpaired) electrons. The van der Waals surface area contributed by atoms with Gasteiger partial charge < -0.3 is 9.64 Å². The van der Waals surface area contributed by atoms with Gasteiger partial charge in [-0.15, -0.1) is 0 Å². The van der Waals surface area contributed by atoms with Crippen molar-refractivity contribution in [2.75, 3.05) is 25.1 Å². The first-order valence-electron chi connectivity index (χ1n) is 6.93. The molecule has 0 amide bonds. The second-order valence-electron chi connectivity index (χ2n) is 5.56. The van der Waals surface area contributed by atoms with Crippen molar-refractivity contribution in [1.82, 2.24) is 0 Å². The second kappa shape index (κ2) is 5.64. The zero-order chi connectivity index (χ0) is 14.0. The van der Waals surface area contributed by atoms with Crippen molar-refractivity contribution in [3.63, 3.8) is 0 Å². The molecule has 0 bridgehead atoms. The molecule has 0 aromatic heterocycles. The highest BCUT2D eigenvalue weighted by atomic mass is 16.5. The van der Waals surface area contributed by atoms with Gasteiger partial charge in [0, 0.05) is 18.8 Å². The maximum atomic E-state index is 11.7. The number of anilines is 1. The number of methoxy groups -OCH3 is 1. The highest BCUT2D eigenvalue weighted by molar-refractivity contribution is 5.74. The number of esters is 1. The van der Waals surface area contributed by atoms with Gasteiger partial charge in [0.1, 0.15) is 0 Å². The van der Waals surface area contributed by atoms with Gasteiger partial charge in [0.05, 0.1) is 13.0 Å². The van der Waals surface area contributed by atoms with Crippen molar-refractivity contribution in [3.8, 4) is 0 Å². The van der Waals surface area contributed by atoms with E-state index >= 15 is 0 Å². The van der Waals surface area contributed by atoms with Crippen molar-refractivity contribution in [1.29, 1.82) is 0 Å². The third-order valence-electron chi connectivity index (χ3n) is 3.91. The smallest absolute Gasteiger partial charge is 0.310 e. The van der Waals surface area contributed by atoms with Crippen LogP contribution in [0.4, 0.5) is 5.69 Å². The Labute approximate surface area is 115 Å². The topological polar surface area (TPSA) is 29.5 Å². The summed E-state index contributed by atoms with van der Waals surface area (Å²) in [6.07, 6.45) is 1.99. The molecule has 0 N–H and O–H groups in total. The Morgan fingerprint density at radius 3 is 2.47 bits per heavy atom. The standard InChI is InChI=1S/C16H23NO2/c1-11-8-12(2)15(13(3)9-11)17-7-5-6-14(10-17)16(18)19-4/h8-9,14H,5-7,10H2,1-4H3. The Balaban J connectivity index is 2.25. The molecule has 1 atom stereocenters. The van der Waals surface area contributed by atoms with Gasteiger partial charge in [0.15, 0.2) is 0 Å². The molecule has 0 aliphatic carbocycles. The summed E-state index contributed by atoms with van der Waals surface area (Å²) in [6, 6.07) is 4.42. The van der Waals surface area contributed by atoms with Crippen LogP contribution in [-0.4, -0.2) is 26.2 Å². The van der Waals surface area contributed by atoms with Crippen LogP contribution >= 0.6 is 0 Å². The van der Waals surface area contributed by atoms with E-state index < -0.39 is 0 Å². The molecule has 0 spiro atoms. The van der Waals surface area contributed by atoms with Gasteiger partial charge in [-0.05, 0) is 44.7 Å². The summed E-state index contributed by atoms with van der Waals surface area (Å²) in [7, 11) is 1.48. The molecule has 19 heavy (non-hydrogen) atoms. The molecule has 0 saturated carbocycles. The molecule has 3 nitrogen and oxygen atoms in total. The number of piperidine rings is 1. The number of carbonyl (C=O) groups is 1. The predicted octanol–water partition coefficient (Wildman–Crippen LogP) is 3.00. The largest absolute Gasteiger partial charge is 0.469 e. The first-order chi connectivity index (χ1) is 9.02. The molecule has 1 aromatic carbocycles. The van der Waals surface area contributed by atoms with E-state index in [4.69, 9.17) is 4.74 Å². The maximum absolute atomic E-state index is 11.7. The summed E-state index contributed by atoms with van der Waals surface area (Å²) in [4.78, 5) is 14.1. The van der Waals surface area contributed by atoms with Crippen molar-refractivity contribution < 1.29 is 9.53 Å². The number of rotatable bonds is 2. The zero-order valence-corrected chi connectivity index (χ0v) is 12.3. The van der Waals surface area contributed by atoms with Crippen LogP contribution in [0, 0.1) is 26.7 Å². The van der Waals surface area contributed by atoms with E-state index in [2.05, 4.69) is 37.8 Å². The number of carbonyl (C=O) groups excluding carboxylic acids is 1. The maximum Gasteiger partial charge on any atom is 0.310 e. The van der Waals surface area contributed by atoms with Crippen LogP contribution in [0.1, 0.15) is 29.5 Å². The minimum atomic E-state index is -0.0767. The third-order valence-corrected chi connectivity index (χ3v) is 3.91. The van der Waals surface area contributed by atoms with Crippen molar-refractivity contribution >= 4 is 11.7 Å². The molecular formula is C16H23NO2. The lowest BCUT2D eigenvalue weighted by atomic mass is 9.95. The zero-order valence-electron chi connectivity index (χ0n) is 12.3. The van der Waals surface area contributed by atoms with Crippen LogP contribution in [0.25, 0.3) is 0 Å². The summed E-state index contributed by atoms with van der Waals surface area (Å²) in [5.41, 5.74) is 5.17. The first-order valence-corrected chi connectivity index (χ1v) is 6.93. The molecule has 1 aliphatic rings. The Morgan fingerprint density at radius 2 is 1.89 bits per heavy atom. The molecule has 1 unspecified atom stereocenters. The number of hydrogen-bond donors (Lipinski definition) is 0. The van der Waals surface area contributed by atoms with Crippen LogP contribution in [0.5, 0.6) is 0 Å². The number of benzene rings is 1. The van der Waals surface area contributed by atoms with E-state index in [1.54, 1.807) is 0 Å². The Bertz CT molecular complexity index is 459. The Hall–Kier alpha value is -1.51. The SMILES string of the molecule is COC(=O)C1CCCN(c2c(C)cc(C)cc2C)C1. The lowest BCUT2D eigenvalue weighted by molar-refractivity contribution is -0.145. The van der Waals surface area contributed by atoms with Gasteiger partial charge in [0.25, 0.3) is 0 Å². The number of hydrogen-bond acceptors (Lipinski definition) is 3. The van der Waals surface area contributed by atoms with E-state index in [9.17, 15) is 4.79 Å². The van der Waals surface area contributed by atoms with Crippen LogP contribution in [-0.2, 0) is 9.53 Å². The lowest BCUT2D eigenvalue weighted by Gasteiger charge is -2.35. The van der Waals surface area contributed by atoms with Gasteiger partial charge in [-0.2, -0.15) is 0 Å². The van der Waals surface area contributed by atoms with Crippen LogP contribution in [0.15, 0.2) is 12.1 Å². The van der Waals surface area contributed by atoms with E-state index in [1.807, 2.05) is 0 Å². The molecule has 1 aromatic rings. The minimum Gasteiger partial charge on any atom is -0.469 e. The molecule has 3 heteroatoms. The van der Waals surface area contributed by atoms with Gasteiger partial charge in [-0.3, -0.25) is 4.79 Å². The molecule has 1 heterocycles. The van der Waals surface area contributed by atoms with E-state index in [0.29, 0.717) is 0 Å². The van der Waals surface area contributed by atoms with Gasteiger partial charge in [-0.1, -0.05) is 17.7 Å². The predicted molar refractivity (Wildman–Crippen MR) is 77.6 cm³/mol. The fourth-order valence-electron chi connectivity index (χ4n) is 3.21. The molecule has 2 rings (SSSR count). The van der Waals surface area contributed by atoms with Crippen molar-refractivity contribution in [3.05, 3.63) is 28.8 Å². The number of ether oxygens (including phenoxy) is 1. The summed E-state index contributed by atoms with van der Waals surface area (Å²) in [5.74, 6) is -0.0639. The van der Waals surface area contributed by atoms with Gasteiger partial charge in [0.2, 0.25) is 0 Å². The fraction of sp³-hybridized carbons (Fsp3) is 0.562. The van der Waals surface area contributed by atoms with E-state index in [-0.39, 0.29) is 11.9 Å². The quantitative estimate of drug-likeness (QED) is 0.766. The summed E-state index contributed by atoms with van der Waals surface area (Å²) in [5, 5.41) is 0. The average Bonchev–Trinajstić information content (AvgIpc) is 2.37. The van der Waals surface area contributed by atoms with Crippen LogP contribution < -0.4 is 4.90 Å². The molecule has 1 fully saturated rings. The lowest BCUT2D eigenvalue weighted by Crippen LogP contribution is -2.39. The van der Waals surface area contributed by atoms with Crippen LogP contribution in [0.3, 0.4) is 0 Å². The van der Waals surface area contributed by atoms with Crippen molar-refractivity contribution in [2.24, 2.45) is 5.92 Å². The average molecular weight is 261 g/mol. The van der Waals surface area contributed by atoms with Crippen LogP contribution in [0.2, 0.25) is 0 Å². The molecule has 104 valence electrons. The van der Waals surface area contributed by atoms with Gasteiger partial charge >= 0.3 is 5.97 Å². The van der Waals surface area contributed by atoms with Gasteiger partial charge in [-0.25, -0.2) is 0 Å². The summed E-state index contributed by atoms with van der Waals surface area (Å²) in [6.45, 7) is 8.22. The second-order valence-corrected chi connectivity index (χ2v) is 5.56. The monoisotopic (exact) mass is 261 g/mol. The minimum absolute atomic E-state index is 0.0128. The van der Waals surface area contributed by atoms with Crippen molar-refractivity contribution in [2.45, 2.75) is 33.6 Å². The molecule has 1 saturated heterocycles. The normalized spacial score (nSPS) is 19.4. The number of nitrogens with zero attached hydrogens (tertiary/aromatic N) is 1. The summed E-state index contributed by atoms with van der Waals surface area (Å²) < 4.78 is 4.89. The summed E-state index contributed by atoms with van der Waals surface area (Å²) >= 11 is 0. The Morgan fingerprint density at radius 1 is 1.26 bits per heavy atom. The Kier molecular flexibility index (Phi) is 4.13. The number of aryl methyl sites for hydroxylation is 3. The highest BCUT2D eigenvalue weighted by Crippen LogP contribution is 2.30. The van der Waals surface area contributed by atoms with E-state index in [0.717, 1.165) is 25.9 Å². The van der Waals surface area contributed by atoms with E-state index in [1.165, 1.54) is 29.5 Å². The third kappa shape index (κ3) is 2.91. The fourth-order valence-corrected chi connectivity index (χ4v) is 3.21. The molecular weight excluding hydrogens is 238 g/mol.